The normalized spacial score (nSPS) is 12.0. The van der Waals surface area contributed by atoms with Crippen LogP contribution in [0.4, 0.5) is 11.4 Å². The number of carbonyl (C=O) groups is 1. The highest BCUT2D eigenvalue weighted by Gasteiger charge is 2.20. The standard InChI is InChI=1S/C13H12ClN3O3S/c1-7-5-10(17(19)20)8(14)6-9(7)16-13(18)12(15)11-3-2-4-21-11/h2-6,12H,15H2,1H3,(H,16,18). The zero-order valence-electron chi connectivity index (χ0n) is 11.0. The van der Waals surface area contributed by atoms with Crippen LogP contribution in [0.3, 0.4) is 0 Å². The Balaban J connectivity index is 2.22. The number of rotatable bonds is 4. The van der Waals surface area contributed by atoms with E-state index >= 15 is 0 Å². The van der Waals surface area contributed by atoms with Crippen LogP contribution in [0.5, 0.6) is 0 Å². The predicted octanol–water partition coefficient (Wildman–Crippen LogP) is 3.26. The number of nitrogens with two attached hydrogens (primary N) is 1. The van der Waals surface area contributed by atoms with Gasteiger partial charge in [0.2, 0.25) is 5.91 Å². The van der Waals surface area contributed by atoms with Crippen molar-refractivity contribution < 1.29 is 9.72 Å². The molecule has 0 aliphatic heterocycles. The monoisotopic (exact) mass is 325 g/mol. The van der Waals surface area contributed by atoms with Gasteiger partial charge in [-0.3, -0.25) is 14.9 Å². The SMILES string of the molecule is Cc1cc([N+](=O)[O-])c(Cl)cc1NC(=O)C(N)c1cccs1. The van der Waals surface area contributed by atoms with Gasteiger partial charge in [0.15, 0.2) is 0 Å². The van der Waals surface area contributed by atoms with Gasteiger partial charge in [0, 0.05) is 16.6 Å². The molecule has 0 saturated carbocycles. The van der Waals surface area contributed by atoms with Crippen LogP contribution in [0.2, 0.25) is 5.02 Å². The number of thiophene rings is 1. The third-order valence-corrected chi connectivity index (χ3v) is 4.14. The summed E-state index contributed by atoms with van der Waals surface area (Å²) in [6.45, 7) is 1.65. The van der Waals surface area contributed by atoms with Crippen molar-refractivity contribution >= 4 is 40.2 Å². The lowest BCUT2D eigenvalue weighted by atomic mass is 10.1. The average Bonchev–Trinajstić information content (AvgIpc) is 2.95. The Bertz CT molecular complexity index is 688. The molecule has 2 rings (SSSR count). The fourth-order valence-corrected chi connectivity index (χ4v) is 2.71. The summed E-state index contributed by atoms with van der Waals surface area (Å²) in [6, 6.07) is 5.45. The van der Waals surface area contributed by atoms with Gasteiger partial charge < -0.3 is 11.1 Å². The summed E-state index contributed by atoms with van der Waals surface area (Å²) >= 11 is 7.22. The maximum absolute atomic E-state index is 12.1. The molecule has 0 aliphatic carbocycles. The zero-order chi connectivity index (χ0) is 15.6. The molecule has 3 N–H and O–H groups in total. The molecule has 0 fully saturated rings. The zero-order valence-corrected chi connectivity index (χ0v) is 12.6. The first-order valence-corrected chi connectivity index (χ1v) is 7.20. The number of carbonyl (C=O) groups excluding carboxylic acids is 1. The Labute approximate surface area is 129 Å². The van der Waals surface area contributed by atoms with Crippen molar-refractivity contribution in [1.82, 2.24) is 0 Å². The number of benzene rings is 1. The van der Waals surface area contributed by atoms with Crippen LogP contribution in [-0.4, -0.2) is 10.8 Å². The summed E-state index contributed by atoms with van der Waals surface area (Å²) < 4.78 is 0. The van der Waals surface area contributed by atoms with Gasteiger partial charge in [-0.25, -0.2) is 0 Å². The van der Waals surface area contributed by atoms with Crippen LogP contribution in [0, 0.1) is 17.0 Å². The van der Waals surface area contributed by atoms with Crippen molar-refractivity contribution in [2.75, 3.05) is 5.32 Å². The van der Waals surface area contributed by atoms with Gasteiger partial charge >= 0.3 is 0 Å². The quantitative estimate of drug-likeness (QED) is 0.665. The van der Waals surface area contributed by atoms with E-state index in [0.29, 0.717) is 11.3 Å². The molecule has 0 saturated heterocycles. The molecule has 21 heavy (non-hydrogen) atoms. The Morgan fingerprint density at radius 1 is 1.52 bits per heavy atom. The molecular formula is C13H12ClN3O3S. The van der Waals surface area contributed by atoms with Crippen molar-refractivity contribution in [1.29, 1.82) is 0 Å². The number of amides is 1. The lowest BCUT2D eigenvalue weighted by molar-refractivity contribution is -0.384. The molecule has 6 nitrogen and oxygen atoms in total. The molecule has 2 aromatic rings. The second-order valence-corrected chi connectivity index (χ2v) is 5.74. The summed E-state index contributed by atoms with van der Waals surface area (Å²) in [4.78, 5) is 23.0. The summed E-state index contributed by atoms with van der Waals surface area (Å²) in [6.07, 6.45) is 0. The highest BCUT2D eigenvalue weighted by molar-refractivity contribution is 7.10. The van der Waals surface area contributed by atoms with Crippen molar-refractivity contribution in [2.45, 2.75) is 13.0 Å². The van der Waals surface area contributed by atoms with Crippen LogP contribution in [0.25, 0.3) is 0 Å². The molecule has 1 aromatic heterocycles. The van der Waals surface area contributed by atoms with Crippen molar-refractivity contribution in [2.24, 2.45) is 5.73 Å². The van der Waals surface area contributed by atoms with E-state index in [1.54, 1.807) is 19.1 Å². The predicted molar refractivity (Wildman–Crippen MR) is 82.7 cm³/mol. The van der Waals surface area contributed by atoms with Crippen molar-refractivity contribution in [3.63, 3.8) is 0 Å². The summed E-state index contributed by atoms with van der Waals surface area (Å²) in [5.41, 5.74) is 6.60. The first-order valence-electron chi connectivity index (χ1n) is 5.94. The van der Waals surface area contributed by atoms with Gasteiger partial charge in [0.05, 0.1) is 4.92 Å². The molecule has 0 aliphatic rings. The largest absolute Gasteiger partial charge is 0.324 e. The molecule has 1 heterocycles. The number of nitrogens with one attached hydrogen (secondary N) is 1. The number of hydrogen-bond acceptors (Lipinski definition) is 5. The van der Waals surface area contributed by atoms with Gasteiger partial charge in [-0.15, -0.1) is 11.3 Å². The van der Waals surface area contributed by atoms with E-state index in [1.165, 1.54) is 23.5 Å². The minimum absolute atomic E-state index is 0.0365. The number of nitrogens with zero attached hydrogens (tertiary/aromatic N) is 1. The van der Waals surface area contributed by atoms with Crippen LogP contribution in [0.15, 0.2) is 29.6 Å². The second kappa shape index (κ2) is 6.21. The van der Waals surface area contributed by atoms with Crippen LogP contribution in [-0.2, 0) is 4.79 Å². The van der Waals surface area contributed by atoms with Crippen LogP contribution in [0.1, 0.15) is 16.5 Å². The number of nitro benzene ring substituents is 1. The topological polar surface area (TPSA) is 98.3 Å². The minimum Gasteiger partial charge on any atom is -0.324 e. The molecule has 1 amide bonds. The summed E-state index contributed by atoms with van der Waals surface area (Å²) in [5, 5.41) is 15.2. The van der Waals surface area contributed by atoms with Crippen LogP contribution < -0.4 is 11.1 Å². The minimum atomic E-state index is -0.793. The molecule has 0 radical (unpaired) electrons. The molecule has 0 bridgehead atoms. The third kappa shape index (κ3) is 3.38. The van der Waals surface area contributed by atoms with Gasteiger partial charge in [0.1, 0.15) is 11.1 Å². The summed E-state index contributed by atoms with van der Waals surface area (Å²) in [5.74, 6) is -0.398. The molecule has 1 unspecified atom stereocenters. The maximum atomic E-state index is 12.1. The molecule has 0 spiro atoms. The Morgan fingerprint density at radius 2 is 2.24 bits per heavy atom. The maximum Gasteiger partial charge on any atom is 0.288 e. The average molecular weight is 326 g/mol. The molecular weight excluding hydrogens is 314 g/mol. The number of halogens is 1. The third-order valence-electron chi connectivity index (χ3n) is 2.88. The fourth-order valence-electron chi connectivity index (χ4n) is 1.75. The van der Waals surface area contributed by atoms with E-state index in [1.807, 2.05) is 5.38 Å². The first-order chi connectivity index (χ1) is 9.90. The van der Waals surface area contributed by atoms with E-state index in [4.69, 9.17) is 17.3 Å². The number of anilines is 1. The molecule has 110 valence electrons. The fraction of sp³-hybridized carbons (Fsp3) is 0.154. The summed E-state index contributed by atoms with van der Waals surface area (Å²) in [7, 11) is 0. The Hall–Kier alpha value is -1.96. The first kappa shape index (κ1) is 15.4. The molecule has 8 heteroatoms. The van der Waals surface area contributed by atoms with Gasteiger partial charge in [-0.05, 0) is 30.0 Å². The Morgan fingerprint density at radius 3 is 2.81 bits per heavy atom. The van der Waals surface area contributed by atoms with Gasteiger partial charge in [-0.2, -0.15) is 0 Å². The second-order valence-electron chi connectivity index (χ2n) is 4.36. The van der Waals surface area contributed by atoms with E-state index in [9.17, 15) is 14.9 Å². The molecule has 1 aromatic carbocycles. The number of nitro groups is 1. The smallest absolute Gasteiger partial charge is 0.288 e. The van der Waals surface area contributed by atoms with E-state index < -0.39 is 16.9 Å². The van der Waals surface area contributed by atoms with Crippen LogP contribution >= 0.6 is 22.9 Å². The van der Waals surface area contributed by atoms with Crippen molar-refractivity contribution in [3.05, 3.63) is 55.2 Å². The lowest BCUT2D eigenvalue weighted by Crippen LogP contribution is -2.27. The van der Waals surface area contributed by atoms with E-state index in [0.717, 1.165) is 4.88 Å². The lowest BCUT2D eigenvalue weighted by Gasteiger charge is -2.13. The number of hydrogen-bond donors (Lipinski definition) is 2. The highest BCUT2D eigenvalue weighted by Crippen LogP contribution is 2.31. The van der Waals surface area contributed by atoms with E-state index in [2.05, 4.69) is 5.32 Å². The van der Waals surface area contributed by atoms with Gasteiger partial charge in [-0.1, -0.05) is 17.7 Å². The van der Waals surface area contributed by atoms with E-state index in [-0.39, 0.29) is 10.7 Å². The number of aryl methyl sites for hydroxylation is 1. The molecule has 1 atom stereocenters. The highest BCUT2D eigenvalue weighted by atomic mass is 35.5. The Kier molecular flexibility index (Phi) is 4.56. The van der Waals surface area contributed by atoms with Crippen molar-refractivity contribution in [3.8, 4) is 0 Å². The van der Waals surface area contributed by atoms with Gasteiger partial charge in [0.25, 0.3) is 5.69 Å².